The van der Waals surface area contributed by atoms with Gasteiger partial charge in [0.05, 0.1) is 11.6 Å². The highest BCUT2D eigenvalue weighted by atomic mass is 16.2. The lowest BCUT2D eigenvalue weighted by Gasteiger charge is -2.32. The molecule has 28 heavy (non-hydrogen) atoms. The van der Waals surface area contributed by atoms with Crippen LogP contribution in [-0.4, -0.2) is 39.6 Å². The van der Waals surface area contributed by atoms with Gasteiger partial charge in [-0.05, 0) is 55.3 Å². The number of benzene rings is 2. The zero-order valence-corrected chi connectivity index (χ0v) is 15.5. The number of likely N-dealkylation sites (tertiary alicyclic amines) is 1. The van der Waals surface area contributed by atoms with Crippen molar-refractivity contribution >= 4 is 17.5 Å². The molecule has 1 saturated heterocycles. The second-order valence-corrected chi connectivity index (χ2v) is 6.94. The topological polar surface area (TPSA) is 67.2 Å². The summed E-state index contributed by atoms with van der Waals surface area (Å²) in [6.45, 7) is 1.12. The number of carbonyl (C=O) groups excluding carboxylic acids is 2. The summed E-state index contributed by atoms with van der Waals surface area (Å²) in [7, 11) is 0. The lowest BCUT2D eigenvalue weighted by Crippen LogP contribution is -2.43. The maximum absolute atomic E-state index is 12.9. The first-order chi connectivity index (χ1) is 13.7. The van der Waals surface area contributed by atoms with Gasteiger partial charge in [-0.15, -0.1) is 0 Å². The molecule has 0 bridgehead atoms. The Labute approximate surface area is 163 Å². The molecule has 0 saturated carbocycles. The number of amides is 2. The Balaban J connectivity index is 1.41. The molecule has 142 valence electrons. The van der Waals surface area contributed by atoms with Crippen molar-refractivity contribution in [3.63, 3.8) is 0 Å². The number of anilines is 1. The van der Waals surface area contributed by atoms with Crippen LogP contribution in [-0.2, 0) is 4.79 Å². The van der Waals surface area contributed by atoms with E-state index in [9.17, 15) is 9.59 Å². The van der Waals surface area contributed by atoms with Crippen molar-refractivity contribution in [2.75, 3.05) is 18.4 Å². The maximum atomic E-state index is 12.9. The number of hydrogen-bond acceptors (Lipinski definition) is 3. The Morgan fingerprint density at radius 1 is 1.00 bits per heavy atom. The van der Waals surface area contributed by atoms with E-state index in [2.05, 4.69) is 10.4 Å². The highest BCUT2D eigenvalue weighted by Gasteiger charge is 2.29. The van der Waals surface area contributed by atoms with Crippen LogP contribution in [0.15, 0.2) is 73.1 Å². The first-order valence-electron chi connectivity index (χ1n) is 9.46. The van der Waals surface area contributed by atoms with Crippen molar-refractivity contribution in [3.8, 4) is 5.69 Å². The zero-order chi connectivity index (χ0) is 19.3. The second kappa shape index (κ2) is 8.08. The summed E-state index contributed by atoms with van der Waals surface area (Å²) in [6, 6.07) is 18.7. The summed E-state index contributed by atoms with van der Waals surface area (Å²) in [5, 5.41) is 7.14. The van der Waals surface area contributed by atoms with E-state index in [1.165, 1.54) is 0 Å². The number of rotatable bonds is 4. The monoisotopic (exact) mass is 374 g/mol. The third-order valence-electron chi connectivity index (χ3n) is 5.00. The number of aromatic nitrogens is 2. The molecule has 2 heterocycles. The Hall–Kier alpha value is -3.41. The van der Waals surface area contributed by atoms with Gasteiger partial charge in [-0.2, -0.15) is 5.10 Å². The minimum atomic E-state index is -0.193. The summed E-state index contributed by atoms with van der Waals surface area (Å²) >= 11 is 0. The Bertz CT molecular complexity index is 936. The lowest BCUT2D eigenvalue weighted by molar-refractivity contribution is -0.121. The molecule has 2 amide bonds. The molecule has 0 spiro atoms. The van der Waals surface area contributed by atoms with E-state index in [-0.39, 0.29) is 17.7 Å². The highest BCUT2D eigenvalue weighted by molar-refractivity contribution is 5.96. The summed E-state index contributed by atoms with van der Waals surface area (Å²) in [4.78, 5) is 27.3. The van der Waals surface area contributed by atoms with Gasteiger partial charge in [0.25, 0.3) is 5.91 Å². The minimum Gasteiger partial charge on any atom is -0.338 e. The fourth-order valence-electron chi connectivity index (χ4n) is 3.50. The quantitative estimate of drug-likeness (QED) is 0.761. The van der Waals surface area contributed by atoms with E-state index in [0.717, 1.165) is 24.2 Å². The number of nitrogens with one attached hydrogen (secondary N) is 1. The van der Waals surface area contributed by atoms with Gasteiger partial charge in [0, 0.05) is 36.7 Å². The van der Waals surface area contributed by atoms with Crippen LogP contribution in [0, 0.1) is 5.92 Å². The third kappa shape index (κ3) is 3.96. The van der Waals surface area contributed by atoms with Gasteiger partial charge >= 0.3 is 0 Å². The lowest BCUT2D eigenvalue weighted by atomic mass is 9.96. The second-order valence-electron chi connectivity index (χ2n) is 6.94. The van der Waals surface area contributed by atoms with Crippen molar-refractivity contribution in [1.82, 2.24) is 14.7 Å². The largest absolute Gasteiger partial charge is 0.338 e. The number of carbonyl (C=O) groups is 2. The van der Waals surface area contributed by atoms with Crippen molar-refractivity contribution in [2.24, 2.45) is 5.92 Å². The molecule has 4 rings (SSSR count). The molecule has 1 N–H and O–H groups in total. The standard InChI is InChI=1S/C22H22N4O2/c27-21(24-19-7-2-1-3-8-19)18-6-4-14-25(16-18)22(28)17-9-11-20(12-10-17)26-15-5-13-23-26/h1-3,5,7-13,15,18H,4,6,14,16H2,(H,24,27). The van der Waals surface area contributed by atoms with Crippen LogP contribution in [0.25, 0.3) is 5.69 Å². The first kappa shape index (κ1) is 18.0. The van der Waals surface area contributed by atoms with Crippen LogP contribution in [0.3, 0.4) is 0 Å². The van der Waals surface area contributed by atoms with E-state index in [1.807, 2.05) is 66.9 Å². The van der Waals surface area contributed by atoms with E-state index < -0.39 is 0 Å². The molecule has 1 atom stereocenters. The van der Waals surface area contributed by atoms with Crippen LogP contribution in [0.5, 0.6) is 0 Å². The number of nitrogens with zero attached hydrogens (tertiary/aromatic N) is 3. The molecule has 6 nitrogen and oxygen atoms in total. The Morgan fingerprint density at radius 2 is 1.79 bits per heavy atom. The molecule has 1 aliphatic heterocycles. The van der Waals surface area contributed by atoms with Crippen molar-refractivity contribution < 1.29 is 9.59 Å². The molecule has 0 radical (unpaired) electrons. The van der Waals surface area contributed by atoms with Gasteiger partial charge < -0.3 is 10.2 Å². The van der Waals surface area contributed by atoms with Gasteiger partial charge in [0.1, 0.15) is 0 Å². The van der Waals surface area contributed by atoms with Crippen LogP contribution in [0.4, 0.5) is 5.69 Å². The van der Waals surface area contributed by atoms with E-state index in [4.69, 9.17) is 0 Å². The molecule has 1 unspecified atom stereocenters. The molecule has 1 fully saturated rings. The number of piperidine rings is 1. The summed E-state index contributed by atoms with van der Waals surface area (Å²) in [5.41, 5.74) is 2.31. The van der Waals surface area contributed by atoms with Gasteiger partial charge in [-0.3, -0.25) is 9.59 Å². The fraction of sp³-hybridized carbons (Fsp3) is 0.227. The molecule has 1 aliphatic rings. The molecule has 2 aromatic carbocycles. The Kier molecular flexibility index (Phi) is 5.19. The summed E-state index contributed by atoms with van der Waals surface area (Å²) in [6.07, 6.45) is 5.19. The van der Waals surface area contributed by atoms with Crippen molar-refractivity contribution in [3.05, 3.63) is 78.6 Å². The van der Waals surface area contributed by atoms with Crippen molar-refractivity contribution in [1.29, 1.82) is 0 Å². The van der Waals surface area contributed by atoms with Gasteiger partial charge in [-0.25, -0.2) is 4.68 Å². The first-order valence-corrected chi connectivity index (χ1v) is 9.46. The zero-order valence-electron chi connectivity index (χ0n) is 15.5. The summed E-state index contributed by atoms with van der Waals surface area (Å²) in [5.74, 6) is -0.261. The SMILES string of the molecule is O=C(Nc1ccccc1)C1CCCN(C(=O)c2ccc(-n3cccn3)cc2)C1. The Morgan fingerprint density at radius 3 is 2.50 bits per heavy atom. The molecular weight excluding hydrogens is 352 g/mol. The van der Waals surface area contributed by atoms with E-state index >= 15 is 0 Å². The minimum absolute atomic E-state index is 0.0299. The number of para-hydroxylation sites is 1. The average Bonchev–Trinajstić information content (AvgIpc) is 3.29. The highest BCUT2D eigenvalue weighted by Crippen LogP contribution is 2.21. The average molecular weight is 374 g/mol. The van der Waals surface area contributed by atoms with Crippen LogP contribution < -0.4 is 5.32 Å². The molecular formula is C22H22N4O2. The molecule has 1 aromatic heterocycles. The molecule has 0 aliphatic carbocycles. The van der Waals surface area contributed by atoms with Crippen LogP contribution >= 0.6 is 0 Å². The fourth-order valence-corrected chi connectivity index (χ4v) is 3.50. The van der Waals surface area contributed by atoms with Gasteiger partial charge in [0.2, 0.25) is 5.91 Å². The van der Waals surface area contributed by atoms with E-state index in [1.54, 1.807) is 15.8 Å². The predicted molar refractivity (Wildman–Crippen MR) is 107 cm³/mol. The van der Waals surface area contributed by atoms with Crippen LogP contribution in [0.1, 0.15) is 23.2 Å². The van der Waals surface area contributed by atoms with Gasteiger partial charge in [-0.1, -0.05) is 18.2 Å². The van der Waals surface area contributed by atoms with Crippen LogP contribution in [0.2, 0.25) is 0 Å². The maximum Gasteiger partial charge on any atom is 0.253 e. The molecule has 3 aromatic rings. The summed E-state index contributed by atoms with van der Waals surface area (Å²) < 4.78 is 1.75. The smallest absolute Gasteiger partial charge is 0.253 e. The van der Waals surface area contributed by atoms with E-state index in [0.29, 0.717) is 18.7 Å². The number of hydrogen-bond donors (Lipinski definition) is 1. The van der Waals surface area contributed by atoms with Crippen molar-refractivity contribution in [2.45, 2.75) is 12.8 Å². The third-order valence-corrected chi connectivity index (χ3v) is 5.00. The van der Waals surface area contributed by atoms with Gasteiger partial charge in [0.15, 0.2) is 0 Å². The molecule has 6 heteroatoms. The predicted octanol–water partition coefficient (Wildman–Crippen LogP) is 3.36. The normalized spacial score (nSPS) is 16.6.